The van der Waals surface area contributed by atoms with E-state index in [-0.39, 0.29) is 17.0 Å². The van der Waals surface area contributed by atoms with Crippen molar-refractivity contribution in [2.24, 2.45) is 0 Å². The molecule has 0 unspecified atom stereocenters. The molecule has 0 radical (unpaired) electrons. The van der Waals surface area contributed by atoms with Gasteiger partial charge in [0, 0.05) is 0 Å². The van der Waals surface area contributed by atoms with Crippen LogP contribution in [0.4, 0.5) is 0 Å². The van der Waals surface area contributed by atoms with Crippen LogP contribution in [0.15, 0.2) is 24.3 Å². The number of rotatable bonds is 7. The first-order valence-corrected chi connectivity index (χ1v) is 6.70. The van der Waals surface area contributed by atoms with Crippen LogP contribution in [0, 0.1) is 6.92 Å². The van der Waals surface area contributed by atoms with Crippen molar-refractivity contribution < 1.29 is 26.2 Å². The Bertz CT molecular complexity index is 312. The second-order valence-corrected chi connectivity index (χ2v) is 4.68. The highest BCUT2D eigenvalue weighted by Crippen LogP contribution is 2.12. The molecule has 0 amide bonds. The summed E-state index contributed by atoms with van der Waals surface area (Å²) < 4.78 is 6.95. The summed E-state index contributed by atoms with van der Waals surface area (Å²) in [6.07, 6.45) is 0. The Kier molecular flexibility index (Phi) is 8.29. The van der Waals surface area contributed by atoms with E-state index < -0.39 is 0 Å². The Morgan fingerprint density at radius 3 is 1.89 bits per heavy atom. The minimum absolute atomic E-state index is 0. The molecule has 0 saturated heterocycles. The molecule has 0 aliphatic carbocycles. The van der Waals surface area contributed by atoms with Gasteiger partial charge in [-0.05, 0) is 39.8 Å². The smallest absolute Gasteiger partial charge is 0.137 e. The summed E-state index contributed by atoms with van der Waals surface area (Å²) >= 11 is 0. The average Bonchev–Trinajstić information content (AvgIpc) is 2.38. The van der Waals surface area contributed by atoms with Crippen molar-refractivity contribution in [3.05, 3.63) is 29.8 Å². The first kappa shape index (κ1) is 17.5. The zero-order chi connectivity index (χ0) is 12.7. The van der Waals surface area contributed by atoms with Crippen LogP contribution >= 0.6 is 0 Å². The fraction of sp³-hybridized carbons (Fsp3) is 0.600. The summed E-state index contributed by atoms with van der Waals surface area (Å²) in [6, 6.07) is 8.29. The lowest BCUT2D eigenvalue weighted by atomic mass is 10.2. The predicted octanol–water partition coefficient (Wildman–Crippen LogP) is 0.254. The third-order valence-corrected chi connectivity index (χ3v) is 3.87. The van der Waals surface area contributed by atoms with Gasteiger partial charge in [0.05, 0.1) is 19.6 Å². The van der Waals surface area contributed by atoms with Crippen LogP contribution in [0.2, 0.25) is 0 Å². The van der Waals surface area contributed by atoms with Crippen LogP contribution in [0.3, 0.4) is 0 Å². The molecule has 0 aliphatic heterocycles. The van der Waals surface area contributed by atoms with Gasteiger partial charge in [0.1, 0.15) is 18.9 Å². The van der Waals surface area contributed by atoms with Gasteiger partial charge in [-0.1, -0.05) is 17.7 Å². The van der Waals surface area contributed by atoms with Crippen LogP contribution in [-0.2, 0) is 0 Å². The van der Waals surface area contributed by atoms with E-state index in [0.717, 1.165) is 23.4 Å². The van der Waals surface area contributed by atoms with Gasteiger partial charge in [-0.25, -0.2) is 0 Å². The molecule has 0 aliphatic rings. The Morgan fingerprint density at radius 1 is 0.944 bits per heavy atom. The van der Waals surface area contributed by atoms with Crippen LogP contribution in [0.5, 0.6) is 5.75 Å². The van der Waals surface area contributed by atoms with E-state index in [1.807, 2.05) is 12.1 Å². The molecule has 0 aromatic heterocycles. The molecule has 0 atom stereocenters. The number of nitrogens with zero attached hydrogens (tertiary/aromatic N) is 1. The summed E-state index contributed by atoms with van der Waals surface area (Å²) in [5.74, 6) is 0.983. The molecule has 104 valence electrons. The summed E-state index contributed by atoms with van der Waals surface area (Å²) in [5, 5.41) is 0. The fourth-order valence-corrected chi connectivity index (χ4v) is 2.14. The molecule has 0 saturated carbocycles. The van der Waals surface area contributed by atoms with Crippen molar-refractivity contribution in [3.8, 4) is 5.75 Å². The molecule has 0 bridgehead atoms. The fourth-order valence-electron chi connectivity index (χ4n) is 2.14. The van der Waals surface area contributed by atoms with Gasteiger partial charge in [0.15, 0.2) is 0 Å². The van der Waals surface area contributed by atoms with Crippen molar-refractivity contribution in [3.63, 3.8) is 0 Å². The lowest BCUT2D eigenvalue weighted by Gasteiger charge is -2.35. The summed E-state index contributed by atoms with van der Waals surface area (Å²) in [7, 11) is 0. The standard InChI is InChI=1S/C15H26NO.BrH/c1-5-16(6-2,7-3)12-13-17-15-10-8-14(4)9-11-15;/h8-11H,5-7,12-13H2,1-4H3;1H/q+1;/p-1. The molecule has 2 nitrogen and oxygen atoms in total. The van der Waals surface area contributed by atoms with E-state index in [2.05, 4.69) is 39.8 Å². The minimum Gasteiger partial charge on any atom is -1.00 e. The van der Waals surface area contributed by atoms with Crippen LogP contribution in [0.1, 0.15) is 26.3 Å². The number of ether oxygens (including phenoxy) is 1. The number of aryl methyl sites for hydroxylation is 1. The molecular formula is C15H26BrNO. The summed E-state index contributed by atoms with van der Waals surface area (Å²) in [4.78, 5) is 0. The molecule has 1 aromatic rings. The van der Waals surface area contributed by atoms with Gasteiger partial charge in [-0.2, -0.15) is 0 Å². The van der Waals surface area contributed by atoms with E-state index in [1.54, 1.807) is 0 Å². The predicted molar refractivity (Wildman–Crippen MR) is 73.4 cm³/mol. The highest BCUT2D eigenvalue weighted by atomic mass is 79.9. The van der Waals surface area contributed by atoms with E-state index >= 15 is 0 Å². The maximum absolute atomic E-state index is 5.81. The highest BCUT2D eigenvalue weighted by Gasteiger charge is 2.20. The number of likely N-dealkylation sites (N-methyl/N-ethyl adjacent to an activating group) is 1. The van der Waals surface area contributed by atoms with Gasteiger partial charge in [0.2, 0.25) is 0 Å². The molecule has 0 heterocycles. The first-order chi connectivity index (χ1) is 8.15. The van der Waals surface area contributed by atoms with Crippen LogP contribution < -0.4 is 21.7 Å². The van der Waals surface area contributed by atoms with Crippen molar-refractivity contribution >= 4 is 0 Å². The Balaban J connectivity index is 0.00000289. The number of hydrogen-bond acceptors (Lipinski definition) is 1. The molecular weight excluding hydrogens is 290 g/mol. The van der Waals surface area contributed by atoms with E-state index in [1.165, 1.54) is 25.2 Å². The van der Waals surface area contributed by atoms with Crippen molar-refractivity contribution in [1.82, 2.24) is 0 Å². The van der Waals surface area contributed by atoms with Gasteiger partial charge >= 0.3 is 0 Å². The van der Waals surface area contributed by atoms with Gasteiger partial charge in [-0.15, -0.1) is 0 Å². The van der Waals surface area contributed by atoms with E-state index in [0.29, 0.717) is 0 Å². The van der Waals surface area contributed by atoms with Crippen molar-refractivity contribution in [1.29, 1.82) is 0 Å². The zero-order valence-electron chi connectivity index (χ0n) is 12.1. The molecule has 0 spiro atoms. The van der Waals surface area contributed by atoms with Gasteiger partial charge < -0.3 is 26.2 Å². The molecule has 1 aromatic carbocycles. The minimum atomic E-state index is 0. The van der Waals surface area contributed by atoms with Gasteiger partial charge in [0.25, 0.3) is 0 Å². The number of halogens is 1. The zero-order valence-corrected chi connectivity index (χ0v) is 13.7. The highest BCUT2D eigenvalue weighted by molar-refractivity contribution is 5.26. The van der Waals surface area contributed by atoms with Crippen molar-refractivity contribution in [2.45, 2.75) is 27.7 Å². The summed E-state index contributed by atoms with van der Waals surface area (Å²) in [5.41, 5.74) is 1.28. The van der Waals surface area contributed by atoms with Crippen LogP contribution in [-0.4, -0.2) is 37.3 Å². The average molecular weight is 316 g/mol. The third-order valence-electron chi connectivity index (χ3n) is 3.87. The van der Waals surface area contributed by atoms with Crippen molar-refractivity contribution in [2.75, 3.05) is 32.8 Å². The summed E-state index contributed by atoms with van der Waals surface area (Å²) in [6.45, 7) is 14.3. The monoisotopic (exact) mass is 315 g/mol. The maximum atomic E-state index is 5.81. The Morgan fingerprint density at radius 2 is 1.44 bits per heavy atom. The number of benzene rings is 1. The lowest BCUT2D eigenvalue weighted by Crippen LogP contribution is -3.00. The number of quaternary nitrogens is 1. The third kappa shape index (κ3) is 4.99. The first-order valence-electron chi connectivity index (χ1n) is 6.70. The molecule has 1 rings (SSSR count). The van der Waals surface area contributed by atoms with Gasteiger partial charge in [-0.3, -0.25) is 0 Å². The van der Waals surface area contributed by atoms with E-state index in [4.69, 9.17) is 4.74 Å². The second kappa shape index (κ2) is 8.54. The molecule has 3 heteroatoms. The molecule has 0 fully saturated rings. The normalized spacial score (nSPS) is 10.9. The number of hydrogen-bond donors (Lipinski definition) is 0. The quantitative estimate of drug-likeness (QED) is 0.656. The molecule has 0 N–H and O–H groups in total. The SMILES string of the molecule is CC[N+](CC)(CC)CCOc1ccc(C)cc1.[Br-]. The second-order valence-electron chi connectivity index (χ2n) is 4.68. The Hall–Kier alpha value is -0.540. The maximum Gasteiger partial charge on any atom is 0.137 e. The van der Waals surface area contributed by atoms with Crippen LogP contribution in [0.25, 0.3) is 0 Å². The van der Waals surface area contributed by atoms with E-state index in [9.17, 15) is 0 Å². The lowest BCUT2D eigenvalue weighted by molar-refractivity contribution is -0.923. The topological polar surface area (TPSA) is 9.23 Å². The Labute approximate surface area is 122 Å². The largest absolute Gasteiger partial charge is 1.00 e. The molecule has 18 heavy (non-hydrogen) atoms.